The van der Waals surface area contributed by atoms with Crippen LogP contribution in [0, 0.1) is 6.92 Å². The second-order valence-electron chi connectivity index (χ2n) is 6.13. The molecule has 0 aliphatic carbocycles. The molecule has 142 valence electrons. The van der Waals surface area contributed by atoms with Crippen LogP contribution in [0.15, 0.2) is 47.6 Å². The molecular weight excluding hydrogens is 385 g/mol. The van der Waals surface area contributed by atoms with E-state index in [9.17, 15) is 28.2 Å². The number of amides is 1. The molecule has 0 bridgehead atoms. The number of aromatic hydroxyl groups is 1. The summed E-state index contributed by atoms with van der Waals surface area (Å²) in [6.07, 6.45) is -5.78. The van der Waals surface area contributed by atoms with Crippen LogP contribution in [0.2, 0.25) is 5.02 Å². The number of hydrogen-bond donors (Lipinski definition) is 2. The van der Waals surface area contributed by atoms with E-state index in [1.807, 2.05) is 0 Å². The van der Waals surface area contributed by atoms with Crippen molar-refractivity contribution in [1.82, 2.24) is 5.01 Å². The predicted octanol–water partition coefficient (Wildman–Crippen LogP) is 3.96. The van der Waals surface area contributed by atoms with E-state index in [4.69, 9.17) is 11.6 Å². The summed E-state index contributed by atoms with van der Waals surface area (Å²) in [6.45, 7) is 1.53. The third-order valence-corrected chi connectivity index (χ3v) is 4.53. The summed E-state index contributed by atoms with van der Waals surface area (Å²) >= 11 is 5.79. The molecule has 3 rings (SSSR count). The third-order valence-electron chi connectivity index (χ3n) is 4.28. The zero-order valence-corrected chi connectivity index (χ0v) is 14.7. The summed E-state index contributed by atoms with van der Waals surface area (Å²) in [6, 6.07) is 9.63. The molecule has 27 heavy (non-hydrogen) atoms. The summed E-state index contributed by atoms with van der Waals surface area (Å²) in [5, 5.41) is 25.1. The third kappa shape index (κ3) is 3.38. The Bertz CT molecular complexity index is 928. The fourth-order valence-corrected chi connectivity index (χ4v) is 2.93. The number of rotatable bonds is 2. The first-order chi connectivity index (χ1) is 12.5. The Kier molecular flexibility index (Phi) is 4.65. The van der Waals surface area contributed by atoms with Gasteiger partial charge in [0.1, 0.15) is 11.5 Å². The van der Waals surface area contributed by atoms with Crippen molar-refractivity contribution < 1.29 is 28.2 Å². The Morgan fingerprint density at radius 1 is 1.22 bits per heavy atom. The first kappa shape index (κ1) is 19.2. The summed E-state index contributed by atoms with van der Waals surface area (Å²) in [4.78, 5) is 12.9. The molecule has 0 saturated heterocycles. The number of nitrogens with zero attached hydrogens (tertiary/aromatic N) is 2. The molecule has 1 atom stereocenters. The number of benzene rings is 2. The van der Waals surface area contributed by atoms with Gasteiger partial charge in [0.15, 0.2) is 5.72 Å². The van der Waals surface area contributed by atoms with Crippen LogP contribution in [0.25, 0.3) is 0 Å². The number of hydrazone groups is 1. The average Bonchev–Trinajstić information content (AvgIpc) is 2.96. The Labute approximate surface area is 157 Å². The number of hydrogen-bond acceptors (Lipinski definition) is 4. The number of aliphatic hydroxyl groups is 1. The van der Waals surface area contributed by atoms with Gasteiger partial charge in [-0.2, -0.15) is 23.3 Å². The molecule has 2 aromatic carbocycles. The number of para-hydroxylation sites is 1. The lowest BCUT2D eigenvalue weighted by Gasteiger charge is -2.31. The van der Waals surface area contributed by atoms with E-state index in [0.29, 0.717) is 15.6 Å². The van der Waals surface area contributed by atoms with E-state index in [1.165, 1.54) is 49.4 Å². The van der Waals surface area contributed by atoms with Crippen molar-refractivity contribution in [2.45, 2.75) is 25.2 Å². The number of carbonyl (C=O) groups is 1. The number of aryl methyl sites for hydroxylation is 1. The molecule has 2 aromatic rings. The van der Waals surface area contributed by atoms with Crippen molar-refractivity contribution in [3.8, 4) is 5.75 Å². The Hall–Kier alpha value is -2.58. The second kappa shape index (κ2) is 6.54. The smallest absolute Gasteiger partial charge is 0.431 e. The number of carbonyl (C=O) groups excluding carboxylic acids is 1. The van der Waals surface area contributed by atoms with Gasteiger partial charge in [-0.05, 0) is 30.7 Å². The van der Waals surface area contributed by atoms with Gasteiger partial charge in [-0.25, -0.2) is 0 Å². The number of phenolic OH excluding ortho intramolecular Hbond substituents is 1. The molecule has 0 spiro atoms. The van der Waals surface area contributed by atoms with Crippen molar-refractivity contribution in [2.24, 2.45) is 5.10 Å². The molecule has 0 fully saturated rings. The van der Waals surface area contributed by atoms with Crippen LogP contribution in [0.1, 0.15) is 27.9 Å². The molecule has 0 radical (unpaired) electrons. The molecule has 1 aliphatic heterocycles. The van der Waals surface area contributed by atoms with Gasteiger partial charge in [-0.1, -0.05) is 35.9 Å². The SMILES string of the molecule is Cc1cccc(C(=O)N2N=C(C(F)(F)F)CC2(O)c2ccc(Cl)cc2)c1O. The van der Waals surface area contributed by atoms with Gasteiger partial charge in [-0.3, -0.25) is 4.79 Å². The maximum atomic E-state index is 13.2. The monoisotopic (exact) mass is 398 g/mol. The highest BCUT2D eigenvalue weighted by Gasteiger charge is 2.53. The minimum absolute atomic E-state index is 0.00962. The maximum Gasteiger partial charge on any atom is 0.431 e. The topological polar surface area (TPSA) is 73.1 Å². The van der Waals surface area contributed by atoms with E-state index >= 15 is 0 Å². The minimum atomic E-state index is -4.83. The molecule has 1 heterocycles. The van der Waals surface area contributed by atoms with Gasteiger partial charge >= 0.3 is 6.18 Å². The molecule has 1 aliphatic rings. The number of halogens is 4. The van der Waals surface area contributed by atoms with Crippen LogP contribution >= 0.6 is 11.6 Å². The first-order valence-corrected chi connectivity index (χ1v) is 8.18. The Balaban J connectivity index is 2.12. The van der Waals surface area contributed by atoms with Crippen LogP contribution < -0.4 is 0 Å². The quantitative estimate of drug-likeness (QED) is 0.804. The lowest BCUT2D eigenvalue weighted by Crippen LogP contribution is -2.43. The summed E-state index contributed by atoms with van der Waals surface area (Å²) in [5.74, 6) is -1.45. The molecular formula is C18H14ClF3N2O3. The van der Waals surface area contributed by atoms with Gasteiger partial charge in [-0.15, -0.1) is 0 Å². The van der Waals surface area contributed by atoms with Crippen LogP contribution in [0.4, 0.5) is 13.2 Å². The van der Waals surface area contributed by atoms with Crippen LogP contribution in [0.3, 0.4) is 0 Å². The van der Waals surface area contributed by atoms with Gasteiger partial charge in [0, 0.05) is 10.6 Å². The lowest BCUT2D eigenvalue weighted by atomic mass is 9.96. The van der Waals surface area contributed by atoms with Gasteiger partial charge in [0.25, 0.3) is 5.91 Å². The molecule has 0 aromatic heterocycles. The van der Waals surface area contributed by atoms with E-state index in [-0.39, 0.29) is 11.1 Å². The van der Waals surface area contributed by atoms with Crippen LogP contribution in [0.5, 0.6) is 5.75 Å². The highest BCUT2D eigenvalue weighted by molar-refractivity contribution is 6.30. The van der Waals surface area contributed by atoms with Crippen molar-refractivity contribution in [1.29, 1.82) is 0 Å². The highest BCUT2D eigenvalue weighted by Crippen LogP contribution is 2.41. The van der Waals surface area contributed by atoms with Crippen molar-refractivity contribution in [2.75, 3.05) is 0 Å². The molecule has 9 heteroatoms. The second-order valence-corrected chi connectivity index (χ2v) is 6.57. The fourth-order valence-electron chi connectivity index (χ4n) is 2.80. The van der Waals surface area contributed by atoms with Crippen molar-refractivity contribution >= 4 is 23.2 Å². The van der Waals surface area contributed by atoms with Crippen molar-refractivity contribution in [3.63, 3.8) is 0 Å². The van der Waals surface area contributed by atoms with Gasteiger partial charge < -0.3 is 10.2 Å². The highest BCUT2D eigenvalue weighted by atomic mass is 35.5. The van der Waals surface area contributed by atoms with Crippen molar-refractivity contribution in [3.05, 3.63) is 64.2 Å². The largest absolute Gasteiger partial charge is 0.507 e. The van der Waals surface area contributed by atoms with E-state index in [1.54, 1.807) is 0 Å². The molecule has 5 nitrogen and oxygen atoms in total. The maximum absolute atomic E-state index is 13.2. The van der Waals surface area contributed by atoms with E-state index in [0.717, 1.165) is 0 Å². The average molecular weight is 399 g/mol. The standard InChI is InChI=1S/C18H14ClF3N2O3/c1-10-3-2-4-13(15(10)25)16(26)24-17(27,9-14(23-24)18(20,21)22)11-5-7-12(19)8-6-11/h2-8,25,27H,9H2,1H3. The lowest BCUT2D eigenvalue weighted by molar-refractivity contribution is -0.0816. The predicted molar refractivity (Wildman–Crippen MR) is 92.5 cm³/mol. The summed E-state index contributed by atoms with van der Waals surface area (Å²) < 4.78 is 39.6. The number of alkyl halides is 3. The van der Waals surface area contributed by atoms with Gasteiger partial charge in [0.2, 0.25) is 0 Å². The molecule has 2 N–H and O–H groups in total. The Morgan fingerprint density at radius 2 is 1.85 bits per heavy atom. The molecule has 1 unspecified atom stereocenters. The van der Waals surface area contributed by atoms with E-state index in [2.05, 4.69) is 5.10 Å². The zero-order valence-electron chi connectivity index (χ0n) is 14.0. The van der Waals surface area contributed by atoms with Crippen LogP contribution in [-0.2, 0) is 5.72 Å². The normalized spacial score (nSPS) is 19.9. The van der Waals surface area contributed by atoms with Crippen LogP contribution in [-0.4, -0.2) is 33.0 Å². The molecule has 0 saturated carbocycles. The Morgan fingerprint density at radius 3 is 2.44 bits per heavy atom. The number of phenols is 1. The minimum Gasteiger partial charge on any atom is -0.507 e. The zero-order chi connectivity index (χ0) is 20.0. The van der Waals surface area contributed by atoms with Gasteiger partial charge in [0.05, 0.1) is 12.0 Å². The fraction of sp³-hybridized carbons (Fsp3) is 0.222. The first-order valence-electron chi connectivity index (χ1n) is 7.80. The molecule has 1 amide bonds. The summed E-state index contributed by atoms with van der Waals surface area (Å²) in [5.41, 5.74) is -3.58. The van der Waals surface area contributed by atoms with E-state index < -0.39 is 35.7 Å². The summed E-state index contributed by atoms with van der Waals surface area (Å²) in [7, 11) is 0.